The van der Waals surface area contributed by atoms with Crippen LogP contribution in [0.15, 0.2) is 66.7 Å². The molecule has 164 valence electrons. The zero-order chi connectivity index (χ0) is 21.7. The van der Waals surface area contributed by atoms with Crippen LogP contribution in [-0.4, -0.2) is 0 Å². The molecule has 4 fully saturated rings. The van der Waals surface area contributed by atoms with Crippen LogP contribution in [-0.2, 0) is 5.41 Å². The second-order valence-electron chi connectivity index (χ2n) is 10.4. The summed E-state index contributed by atoms with van der Waals surface area (Å²) in [6.45, 7) is 2.10. The minimum atomic E-state index is 0.213. The van der Waals surface area contributed by atoms with Gasteiger partial charge in [0.1, 0.15) is 23.0 Å². The monoisotopic (exact) mass is 425 g/mol. The van der Waals surface area contributed by atoms with Gasteiger partial charge >= 0.3 is 0 Å². The van der Waals surface area contributed by atoms with Crippen molar-refractivity contribution in [2.75, 3.05) is 5.73 Å². The van der Waals surface area contributed by atoms with E-state index in [4.69, 9.17) is 15.2 Å². The van der Waals surface area contributed by atoms with Gasteiger partial charge in [0.2, 0.25) is 0 Å². The molecular weight excluding hydrogens is 394 g/mol. The summed E-state index contributed by atoms with van der Waals surface area (Å²) in [4.78, 5) is 0. The van der Waals surface area contributed by atoms with E-state index in [0.717, 1.165) is 46.4 Å². The van der Waals surface area contributed by atoms with Gasteiger partial charge in [-0.25, -0.2) is 0 Å². The molecular formula is C29H31NO2. The molecule has 0 radical (unpaired) electrons. The maximum absolute atomic E-state index is 6.46. The normalized spacial score (nSPS) is 28.0. The lowest BCUT2D eigenvalue weighted by Gasteiger charge is -2.57. The van der Waals surface area contributed by atoms with Crippen molar-refractivity contribution in [2.45, 2.75) is 50.9 Å². The first-order valence-electron chi connectivity index (χ1n) is 12.0. The first kappa shape index (κ1) is 19.7. The lowest BCUT2D eigenvalue weighted by atomic mass is 9.48. The highest BCUT2D eigenvalue weighted by Crippen LogP contribution is 2.62. The van der Waals surface area contributed by atoms with Gasteiger partial charge in [-0.2, -0.15) is 0 Å². The van der Waals surface area contributed by atoms with E-state index >= 15 is 0 Å². The summed E-state index contributed by atoms with van der Waals surface area (Å²) in [7, 11) is 0. The highest BCUT2D eigenvalue weighted by Gasteiger charge is 2.52. The lowest BCUT2D eigenvalue weighted by molar-refractivity contribution is -0.00605. The fraction of sp³-hybridized carbons (Fsp3) is 0.379. The summed E-state index contributed by atoms with van der Waals surface area (Å²) in [5.74, 6) is 6.17. The minimum Gasteiger partial charge on any atom is -0.457 e. The van der Waals surface area contributed by atoms with Crippen molar-refractivity contribution in [1.82, 2.24) is 0 Å². The molecule has 0 aromatic heterocycles. The molecule has 0 saturated heterocycles. The second-order valence-corrected chi connectivity index (χ2v) is 10.4. The van der Waals surface area contributed by atoms with Gasteiger partial charge in [-0.1, -0.05) is 17.7 Å². The molecule has 32 heavy (non-hydrogen) atoms. The van der Waals surface area contributed by atoms with E-state index in [0.29, 0.717) is 0 Å². The zero-order valence-corrected chi connectivity index (χ0v) is 18.7. The number of nitrogen functional groups attached to an aromatic ring is 1. The van der Waals surface area contributed by atoms with Gasteiger partial charge in [0.15, 0.2) is 0 Å². The number of hydrogen-bond acceptors (Lipinski definition) is 3. The SMILES string of the molecule is Cc1ccc(Oc2ccc(Oc3ccc(N)cc3)c(C34CC5CC(CC(C5)C3)C4)c2)cc1. The van der Waals surface area contributed by atoms with E-state index in [-0.39, 0.29) is 5.41 Å². The van der Waals surface area contributed by atoms with Crippen molar-refractivity contribution in [3.8, 4) is 23.0 Å². The molecule has 3 aromatic carbocycles. The summed E-state index contributed by atoms with van der Waals surface area (Å²) in [6.07, 6.45) is 8.12. The molecule has 2 N–H and O–H groups in total. The Hall–Kier alpha value is -2.94. The third-order valence-electron chi connectivity index (χ3n) is 7.93. The number of anilines is 1. The van der Waals surface area contributed by atoms with Gasteiger partial charge in [0.05, 0.1) is 0 Å². The first-order valence-corrected chi connectivity index (χ1v) is 12.0. The smallest absolute Gasteiger partial charge is 0.131 e. The predicted molar refractivity (Wildman–Crippen MR) is 128 cm³/mol. The van der Waals surface area contributed by atoms with Crippen LogP contribution in [0.1, 0.15) is 49.7 Å². The molecule has 4 saturated carbocycles. The number of nitrogens with two attached hydrogens (primary N) is 1. The molecule has 0 heterocycles. The Morgan fingerprint density at radius 2 is 1.22 bits per heavy atom. The van der Waals surface area contributed by atoms with Gasteiger partial charge in [-0.3, -0.25) is 0 Å². The first-order chi connectivity index (χ1) is 15.5. The Kier molecular flexibility index (Phi) is 4.67. The molecule has 0 aliphatic heterocycles. The molecule has 0 atom stereocenters. The Morgan fingerprint density at radius 3 is 1.84 bits per heavy atom. The van der Waals surface area contributed by atoms with E-state index < -0.39 is 0 Å². The summed E-state index contributed by atoms with van der Waals surface area (Å²) in [5.41, 5.74) is 9.41. The number of benzene rings is 3. The summed E-state index contributed by atoms with van der Waals surface area (Å²) < 4.78 is 12.7. The van der Waals surface area contributed by atoms with Gasteiger partial charge in [-0.05, 0) is 123 Å². The third-order valence-corrected chi connectivity index (χ3v) is 7.93. The summed E-state index contributed by atoms with van der Waals surface area (Å²) in [5, 5.41) is 0. The average Bonchev–Trinajstić information content (AvgIpc) is 2.77. The Bertz CT molecular complexity index is 1080. The molecule has 3 aromatic rings. The van der Waals surface area contributed by atoms with E-state index in [1.54, 1.807) is 0 Å². The standard InChI is InChI=1S/C29H31NO2/c1-19-2-6-24(7-3-19)31-26-10-11-28(32-25-8-4-23(30)5-9-25)27(15-26)29-16-20-12-21(17-29)14-22(13-20)18-29/h2-11,15,20-22H,12-14,16-18,30H2,1H3. The highest BCUT2D eigenvalue weighted by molar-refractivity contribution is 5.50. The van der Waals surface area contributed by atoms with Crippen LogP contribution in [0.3, 0.4) is 0 Å². The highest BCUT2D eigenvalue weighted by atomic mass is 16.5. The molecule has 0 spiro atoms. The maximum atomic E-state index is 6.46. The van der Waals surface area contributed by atoms with E-state index in [1.807, 2.05) is 42.5 Å². The van der Waals surface area contributed by atoms with Crippen LogP contribution in [0.25, 0.3) is 0 Å². The Balaban J connectivity index is 1.39. The second kappa shape index (κ2) is 7.58. The number of aryl methyl sites for hydroxylation is 1. The largest absolute Gasteiger partial charge is 0.457 e. The van der Waals surface area contributed by atoms with Crippen molar-refractivity contribution in [2.24, 2.45) is 17.8 Å². The fourth-order valence-electron chi connectivity index (χ4n) is 6.92. The van der Waals surface area contributed by atoms with E-state index in [1.165, 1.54) is 49.7 Å². The van der Waals surface area contributed by atoms with Crippen LogP contribution in [0.5, 0.6) is 23.0 Å². The quantitative estimate of drug-likeness (QED) is 0.427. The van der Waals surface area contributed by atoms with Crippen molar-refractivity contribution < 1.29 is 9.47 Å². The van der Waals surface area contributed by atoms with Crippen molar-refractivity contribution in [3.05, 3.63) is 77.9 Å². The topological polar surface area (TPSA) is 44.5 Å². The molecule has 0 unspecified atom stereocenters. The van der Waals surface area contributed by atoms with Crippen molar-refractivity contribution in [1.29, 1.82) is 0 Å². The van der Waals surface area contributed by atoms with Crippen LogP contribution in [0.4, 0.5) is 5.69 Å². The van der Waals surface area contributed by atoms with Crippen molar-refractivity contribution >= 4 is 5.69 Å². The Morgan fingerprint density at radius 1 is 0.688 bits per heavy atom. The lowest BCUT2D eigenvalue weighted by Crippen LogP contribution is -2.48. The van der Waals surface area contributed by atoms with Crippen molar-refractivity contribution in [3.63, 3.8) is 0 Å². The summed E-state index contributed by atoms with van der Waals surface area (Å²) >= 11 is 0. The van der Waals surface area contributed by atoms with Crippen LogP contribution < -0.4 is 15.2 Å². The number of rotatable bonds is 5. The molecule has 4 aliphatic carbocycles. The molecule has 3 heteroatoms. The summed E-state index contributed by atoms with van der Waals surface area (Å²) in [6, 6.07) is 22.4. The molecule has 4 bridgehead atoms. The fourth-order valence-corrected chi connectivity index (χ4v) is 6.92. The van der Waals surface area contributed by atoms with E-state index in [9.17, 15) is 0 Å². The van der Waals surface area contributed by atoms with Gasteiger partial charge in [0.25, 0.3) is 0 Å². The molecule has 0 amide bonds. The predicted octanol–water partition coefficient (Wildman–Crippen LogP) is 7.63. The maximum Gasteiger partial charge on any atom is 0.131 e. The van der Waals surface area contributed by atoms with Gasteiger partial charge < -0.3 is 15.2 Å². The zero-order valence-electron chi connectivity index (χ0n) is 18.7. The Labute approximate surface area is 190 Å². The average molecular weight is 426 g/mol. The van der Waals surface area contributed by atoms with Gasteiger partial charge in [-0.15, -0.1) is 0 Å². The van der Waals surface area contributed by atoms with Crippen LogP contribution in [0, 0.1) is 24.7 Å². The van der Waals surface area contributed by atoms with E-state index in [2.05, 4.69) is 31.2 Å². The molecule has 3 nitrogen and oxygen atoms in total. The van der Waals surface area contributed by atoms with Crippen LogP contribution >= 0.6 is 0 Å². The third kappa shape index (κ3) is 3.64. The molecule has 7 rings (SSSR count). The van der Waals surface area contributed by atoms with Gasteiger partial charge in [0, 0.05) is 11.3 Å². The minimum absolute atomic E-state index is 0.213. The van der Waals surface area contributed by atoms with Crippen LogP contribution in [0.2, 0.25) is 0 Å². The number of hydrogen-bond donors (Lipinski definition) is 1. The molecule has 4 aliphatic rings. The number of ether oxygens (including phenoxy) is 2.